The van der Waals surface area contributed by atoms with Crippen molar-refractivity contribution in [1.82, 2.24) is 15.0 Å². The van der Waals surface area contributed by atoms with Crippen molar-refractivity contribution in [1.29, 1.82) is 0 Å². The molecule has 52 heavy (non-hydrogen) atoms. The quantitative estimate of drug-likeness (QED) is 0.172. The predicted molar refractivity (Wildman–Crippen MR) is 217 cm³/mol. The van der Waals surface area contributed by atoms with Crippen molar-refractivity contribution in [3.8, 4) is 56.2 Å². The molecule has 10 aromatic rings. The van der Waals surface area contributed by atoms with Crippen LogP contribution in [0.2, 0.25) is 0 Å². The highest BCUT2D eigenvalue weighted by molar-refractivity contribution is 6.33. The van der Waals surface area contributed by atoms with Crippen LogP contribution >= 0.6 is 0 Å². The van der Waals surface area contributed by atoms with Gasteiger partial charge in [-0.05, 0) is 84.0 Å². The van der Waals surface area contributed by atoms with Crippen LogP contribution in [0.4, 0.5) is 0 Å². The highest BCUT2D eigenvalue weighted by Gasteiger charge is 2.16. The van der Waals surface area contributed by atoms with Gasteiger partial charge in [0, 0.05) is 34.6 Å². The molecule has 0 spiro atoms. The third kappa shape index (κ3) is 5.10. The van der Waals surface area contributed by atoms with Crippen molar-refractivity contribution in [3.05, 3.63) is 188 Å². The molecule has 0 saturated heterocycles. The lowest BCUT2D eigenvalue weighted by Crippen LogP contribution is -1.96. The highest BCUT2D eigenvalue weighted by Crippen LogP contribution is 2.43. The molecular formula is C49H31N3. The van der Waals surface area contributed by atoms with Gasteiger partial charge in [-0.3, -0.25) is 4.98 Å². The number of aromatic nitrogens is 3. The van der Waals surface area contributed by atoms with Gasteiger partial charge in [-0.2, -0.15) is 0 Å². The Morgan fingerprint density at radius 1 is 0.308 bits per heavy atom. The Morgan fingerprint density at radius 2 is 0.846 bits per heavy atom. The van der Waals surface area contributed by atoms with Crippen LogP contribution < -0.4 is 0 Å². The van der Waals surface area contributed by atoms with Crippen molar-refractivity contribution >= 4 is 43.1 Å². The van der Waals surface area contributed by atoms with E-state index in [1.54, 1.807) is 6.20 Å². The number of fused-ring (bicyclic) bond motifs is 8. The molecule has 0 fully saturated rings. The molecule has 3 nitrogen and oxygen atoms in total. The van der Waals surface area contributed by atoms with E-state index in [1.165, 1.54) is 54.2 Å². The molecule has 0 atom stereocenters. The molecule has 10 rings (SSSR count). The Morgan fingerprint density at radius 3 is 1.56 bits per heavy atom. The predicted octanol–water partition coefficient (Wildman–Crippen LogP) is 12.8. The van der Waals surface area contributed by atoms with Crippen molar-refractivity contribution in [2.45, 2.75) is 0 Å². The number of pyridine rings is 1. The standard InChI is InChI=1S/C49H31N3/c1-2-12-34(13-3-1)49-51-46(30-47(52-49)36-15-10-14-35(28-36)37-16-11-27-50-31-37)33-25-23-32(24-26-33)44-29-45-40-19-5-4-17-38(40)39-18-6-8-21-42(39)48(45)43-22-9-7-20-41(43)44/h1-31H. The number of nitrogens with zero attached hydrogens (tertiary/aromatic N) is 3. The Hall–Kier alpha value is -6.97. The molecule has 3 heteroatoms. The van der Waals surface area contributed by atoms with Gasteiger partial charge >= 0.3 is 0 Å². The van der Waals surface area contributed by atoms with Crippen LogP contribution in [0.5, 0.6) is 0 Å². The van der Waals surface area contributed by atoms with Crippen LogP contribution in [-0.2, 0) is 0 Å². The number of benzene rings is 8. The van der Waals surface area contributed by atoms with Gasteiger partial charge in [0.1, 0.15) is 0 Å². The SMILES string of the molecule is c1ccc(-c2nc(-c3ccc(-c4cc5c6ccccc6c6ccccc6c5c5ccccc45)cc3)cc(-c3cccc(-c4cccnc4)c3)n2)cc1. The van der Waals surface area contributed by atoms with Crippen LogP contribution in [0, 0.1) is 0 Å². The summed E-state index contributed by atoms with van der Waals surface area (Å²) in [5, 5.41) is 10.2. The van der Waals surface area contributed by atoms with Gasteiger partial charge in [0.25, 0.3) is 0 Å². The van der Waals surface area contributed by atoms with E-state index in [0.29, 0.717) is 5.82 Å². The molecule has 2 heterocycles. The molecule has 0 aliphatic heterocycles. The summed E-state index contributed by atoms with van der Waals surface area (Å²) in [6.07, 6.45) is 3.69. The van der Waals surface area contributed by atoms with E-state index >= 15 is 0 Å². The Bertz CT molecular complexity index is 2930. The second-order valence-corrected chi connectivity index (χ2v) is 13.2. The summed E-state index contributed by atoms with van der Waals surface area (Å²) in [7, 11) is 0. The fraction of sp³-hybridized carbons (Fsp3) is 0. The van der Waals surface area contributed by atoms with Crippen LogP contribution in [0.1, 0.15) is 0 Å². The third-order valence-electron chi connectivity index (χ3n) is 10.2. The second-order valence-electron chi connectivity index (χ2n) is 13.2. The molecule has 0 bridgehead atoms. The van der Waals surface area contributed by atoms with Gasteiger partial charge in [-0.1, -0.05) is 152 Å². The van der Waals surface area contributed by atoms with Crippen LogP contribution in [-0.4, -0.2) is 15.0 Å². The third-order valence-corrected chi connectivity index (χ3v) is 10.2. The first-order chi connectivity index (χ1) is 25.8. The maximum absolute atomic E-state index is 5.12. The zero-order valence-electron chi connectivity index (χ0n) is 28.2. The van der Waals surface area contributed by atoms with Gasteiger partial charge in [-0.25, -0.2) is 9.97 Å². The molecule has 0 saturated carbocycles. The molecule has 0 aliphatic rings. The highest BCUT2D eigenvalue weighted by atomic mass is 14.9. The van der Waals surface area contributed by atoms with Crippen molar-refractivity contribution in [2.24, 2.45) is 0 Å². The first-order valence-electron chi connectivity index (χ1n) is 17.6. The monoisotopic (exact) mass is 661 g/mol. The average Bonchev–Trinajstić information content (AvgIpc) is 3.24. The van der Waals surface area contributed by atoms with E-state index < -0.39 is 0 Å². The fourth-order valence-electron chi connectivity index (χ4n) is 7.68. The lowest BCUT2D eigenvalue weighted by atomic mass is 9.87. The van der Waals surface area contributed by atoms with Gasteiger partial charge < -0.3 is 0 Å². The van der Waals surface area contributed by atoms with Crippen LogP contribution in [0.25, 0.3) is 99.2 Å². The summed E-state index contributed by atoms with van der Waals surface area (Å²) >= 11 is 0. The molecule has 242 valence electrons. The van der Waals surface area contributed by atoms with E-state index in [9.17, 15) is 0 Å². The largest absolute Gasteiger partial charge is 0.264 e. The normalized spacial score (nSPS) is 11.5. The van der Waals surface area contributed by atoms with E-state index in [4.69, 9.17) is 9.97 Å². The second kappa shape index (κ2) is 12.4. The summed E-state index contributed by atoms with van der Waals surface area (Å²) in [6.45, 7) is 0. The summed E-state index contributed by atoms with van der Waals surface area (Å²) in [5.74, 6) is 0.698. The van der Waals surface area contributed by atoms with Crippen molar-refractivity contribution < 1.29 is 0 Å². The zero-order valence-corrected chi connectivity index (χ0v) is 28.2. The first kappa shape index (κ1) is 29.9. The topological polar surface area (TPSA) is 38.7 Å². The van der Waals surface area contributed by atoms with E-state index in [1.807, 2.05) is 30.5 Å². The van der Waals surface area contributed by atoms with Crippen molar-refractivity contribution in [3.63, 3.8) is 0 Å². The molecule has 8 aromatic carbocycles. The number of hydrogen-bond donors (Lipinski definition) is 0. The average molecular weight is 662 g/mol. The lowest BCUT2D eigenvalue weighted by molar-refractivity contribution is 1.18. The fourth-order valence-corrected chi connectivity index (χ4v) is 7.68. The summed E-state index contributed by atoms with van der Waals surface area (Å²) < 4.78 is 0. The number of rotatable bonds is 5. The molecule has 0 amide bonds. The minimum absolute atomic E-state index is 0.698. The smallest absolute Gasteiger partial charge is 0.160 e. The summed E-state index contributed by atoms with van der Waals surface area (Å²) in [5.41, 5.74) is 9.35. The summed E-state index contributed by atoms with van der Waals surface area (Å²) in [6, 6.07) is 62.5. The lowest BCUT2D eigenvalue weighted by Gasteiger charge is -2.16. The molecule has 0 unspecified atom stereocenters. The van der Waals surface area contributed by atoms with E-state index in [-0.39, 0.29) is 0 Å². The Balaban J connectivity index is 1.13. The molecular weight excluding hydrogens is 631 g/mol. The van der Waals surface area contributed by atoms with Crippen LogP contribution in [0.15, 0.2) is 188 Å². The van der Waals surface area contributed by atoms with E-state index in [2.05, 4.69) is 157 Å². The zero-order chi connectivity index (χ0) is 34.4. The minimum Gasteiger partial charge on any atom is -0.264 e. The summed E-state index contributed by atoms with van der Waals surface area (Å²) in [4.78, 5) is 14.5. The minimum atomic E-state index is 0.698. The Labute approximate surface area is 301 Å². The van der Waals surface area contributed by atoms with Gasteiger partial charge in [0.2, 0.25) is 0 Å². The van der Waals surface area contributed by atoms with Gasteiger partial charge in [0.15, 0.2) is 5.82 Å². The maximum Gasteiger partial charge on any atom is 0.160 e. The molecule has 2 aromatic heterocycles. The number of hydrogen-bond acceptors (Lipinski definition) is 3. The van der Waals surface area contributed by atoms with Gasteiger partial charge in [0.05, 0.1) is 11.4 Å². The maximum atomic E-state index is 5.12. The molecule has 0 aliphatic carbocycles. The van der Waals surface area contributed by atoms with Crippen molar-refractivity contribution in [2.75, 3.05) is 0 Å². The molecule has 0 N–H and O–H groups in total. The first-order valence-corrected chi connectivity index (χ1v) is 17.6. The molecule has 0 radical (unpaired) electrons. The van der Waals surface area contributed by atoms with E-state index in [0.717, 1.165) is 39.2 Å². The van der Waals surface area contributed by atoms with Gasteiger partial charge in [-0.15, -0.1) is 0 Å². The Kier molecular flexibility index (Phi) is 7.14. The van der Waals surface area contributed by atoms with Crippen LogP contribution in [0.3, 0.4) is 0 Å².